The van der Waals surface area contributed by atoms with Gasteiger partial charge in [0.2, 0.25) is 6.23 Å². The van der Waals surface area contributed by atoms with Crippen LogP contribution < -0.4 is 5.56 Å². The maximum Gasteiger partial charge on any atom is 0.277 e. The maximum atomic E-state index is 13.3. The van der Waals surface area contributed by atoms with Gasteiger partial charge in [-0.2, -0.15) is 4.98 Å². The lowest BCUT2D eigenvalue weighted by molar-refractivity contribution is 0.0212. The Morgan fingerprint density at radius 2 is 1.97 bits per heavy atom. The van der Waals surface area contributed by atoms with Crippen molar-refractivity contribution < 1.29 is 9.23 Å². The first-order valence-electron chi connectivity index (χ1n) is 13.3. The lowest BCUT2D eigenvalue weighted by Gasteiger charge is -2.23. The van der Waals surface area contributed by atoms with Crippen LogP contribution in [0.4, 0.5) is 4.39 Å². The molecule has 0 radical (unpaired) electrons. The van der Waals surface area contributed by atoms with Crippen LogP contribution in [0.1, 0.15) is 82.0 Å². The van der Waals surface area contributed by atoms with Crippen molar-refractivity contribution in [3.8, 4) is 0 Å². The SMILES string of the molecule is CCCCCCC=CN1C(Cn2c(SCc3ccc(F)cc3)nc(=O)c3c2CCC3)=NOC1CCC. The summed E-state index contributed by atoms with van der Waals surface area (Å²) in [5.74, 6) is 1.19. The molecule has 0 N–H and O–H groups in total. The Labute approximate surface area is 217 Å². The van der Waals surface area contributed by atoms with E-state index in [2.05, 4.69) is 45.7 Å². The van der Waals surface area contributed by atoms with Crippen molar-refractivity contribution in [2.45, 2.75) is 102 Å². The van der Waals surface area contributed by atoms with Crippen LogP contribution >= 0.6 is 11.8 Å². The second kappa shape index (κ2) is 13.1. The second-order valence-corrected chi connectivity index (χ2v) is 10.4. The van der Waals surface area contributed by atoms with Crippen LogP contribution in [0.2, 0.25) is 0 Å². The summed E-state index contributed by atoms with van der Waals surface area (Å²) in [5.41, 5.74) is 2.74. The summed E-state index contributed by atoms with van der Waals surface area (Å²) in [6.07, 6.45) is 14.7. The van der Waals surface area contributed by atoms with Gasteiger partial charge < -0.3 is 9.40 Å². The minimum absolute atomic E-state index is 0.104. The van der Waals surface area contributed by atoms with Gasteiger partial charge >= 0.3 is 0 Å². The van der Waals surface area contributed by atoms with E-state index in [1.165, 1.54) is 49.6 Å². The van der Waals surface area contributed by atoms with Gasteiger partial charge in [-0.1, -0.05) is 74.7 Å². The van der Waals surface area contributed by atoms with Gasteiger partial charge in [0.1, 0.15) is 5.82 Å². The van der Waals surface area contributed by atoms with Crippen LogP contribution in [0.25, 0.3) is 0 Å². The van der Waals surface area contributed by atoms with Crippen molar-refractivity contribution in [1.82, 2.24) is 14.5 Å². The van der Waals surface area contributed by atoms with Crippen LogP contribution in [0.5, 0.6) is 0 Å². The molecule has 0 saturated carbocycles. The fraction of sp³-hybridized carbons (Fsp3) is 0.536. The first-order chi connectivity index (χ1) is 17.6. The zero-order chi connectivity index (χ0) is 25.3. The van der Waals surface area contributed by atoms with E-state index in [0.29, 0.717) is 17.5 Å². The molecule has 1 aliphatic carbocycles. The van der Waals surface area contributed by atoms with E-state index in [4.69, 9.17) is 4.84 Å². The maximum absolute atomic E-state index is 13.3. The molecular formula is C28H37FN4O2S. The molecule has 2 aromatic rings. The minimum Gasteiger partial charge on any atom is -0.368 e. The number of allylic oxidation sites excluding steroid dienone is 1. The number of hydrogen-bond acceptors (Lipinski definition) is 6. The summed E-state index contributed by atoms with van der Waals surface area (Å²) in [6.45, 7) is 4.88. The van der Waals surface area contributed by atoms with Gasteiger partial charge in [-0.05, 0) is 49.8 Å². The van der Waals surface area contributed by atoms with Crippen molar-refractivity contribution in [3.05, 3.63) is 69.5 Å². The number of hydrogen-bond donors (Lipinski definition) is 0. The zero-order valence-corrected chi connectivity index (χ0v) is 22.2. The lowest BCUT2D eigenvalue weighted by Crippen LogP contribution is -2.35. The van der Waals surface area contributed by atoms with E-state index in [9.17, 15) is 9.18 Å². The van der Waals surface area contributed by atoms with Crippen molar-refractivity contribution in [1.29, 1.82) is 0 Å². The van der Waals surface area contributed by atoms with Crippen LogP contribution in [-0.2, 0) is 30.0 Å². The number of nitrogens with zero attached hydrogens (tertiary/aromatic N) is 4. The van der Waals surface area contributed by atoms with Crippen molar-refractivity contribution >= 4 is 17.6 Å². The van der Waals surface area contributed by atoms with Gasteiger partial charge in [0.25, 0.3) is 5.56 Å². The molecular weight excluding hydrogens is 475 g/mol. The van der Waals surface area contributed by atoms with Gasteiger partial charge in [0, 0.05) is 29.6 Å². The van der Waals surface area contributed by atoms with E-state index in [-0.39, 0.29) is 17.6 Å². The number of halogens is 1. The zero-order valence-electron chi connectivity index (χ0n) is 21.4. The van der Waals surface area contributed by atoms with Gasteiger partial charge in [0.15, 0.2) is 11.0 Å². The summed E-state index contributed by atoms with van der Waals surface area (Å²) >= 11 is 1.51. The summed E-state index contributed by atoms with van der Waals surface area (Å²) in [5, 5.41) is 5.15. The van der Waals surface area contributed by atoms with Gasteiger partial charge in [-0.25, -0.2) is 4.39 Å². The highest BCUT2D eigenvalue weighted by Crippen LogP contribution is 2.28. The second-order valence-electron chi connectivity index (χ2n) is 9.48. The van der Waals surface area contributed by atoms with Gasteiger partial charge in [-0.3, -0.25) is 9.69 Å². The first kappa shape index (κ1) is 26.5. The molecule has 1 aliphatic heterocycles. The fourth-order valence-electron chi connectivity index (χ4n) is 4.72. The van der Waals surface area contributed by atoms with Crippen molar-refractivity contribution in [3.63, 3.8) is 0 Å². The highest BCUT2D eigenvalue weighted by atomic mass is 32.2. The highest BCUT2D eigenvalue weighted by molar-refractivity contribution is 7.98. The minimum atomic E-state index is -0.254. The van der Waals surface area contributed by atoms with E-state index in [1.807, 2.05) is 0 Å². The number of aromatic nitrogens is 2. The number of fused-ring (bicyclic) bond motifs is 1. The number of rotatable bonds is 13. The number of oxime groups is 1. The molecule has 0 saturated heterocycles. The van der Waals surface area contributed by atoms with Crippen molar-refractivity contribution in [2.24, 2.45) is 5.16 Å². The summed E-state index contributed by atoms with van der Waals surface area (Å²) in [7, 11) is 0. The molecule has 1 atom stereocenters. The van der Waals surface area contributed by atoms with E-state index < -0.39 is 0 Å². The molecule has 194 valence electrons. The molecule has 36 heavy (non-hydrogen) atoms. The average Bonchev–Trinajstić information content (AvgIpc) is 3.51. The Balaban J connectivity index is 1.55. The molecule has 2 heterocycles. The number of benzene rings is 1. The Bertz CT molecular complexity index is 1130. The molecule has 0 bridgehead atoms. The number of amidine groups is 1. The Hall–Kier alpha value is -2.61. The van der Waals surface area contributed by atoms with Crippen LogP contribution in [0.3, 0.4) is 0 Å². The molecule has 1 unspecified atom stereocenters. The summed E-state index contributed by atoms with van der Waals surface area (Å²) < 4.78 is 15.5. The molecule has 0 amide bonds. The smallest absolute Gasteiger partial charge is 0.277 e. The topological polar surface area (TPSA) is 59.7 Å². The molecule has 2 aliphatic rings. The predicted octanol–water partition coefficient (Wildman–Crippen LogP) is 6.42. The van der Waals surface area contributed by atoms with Crippen molar-refractivity contribution in [2.75, 3.05) is 0 Å². The third-order valence-corrected chi connectivity index (χ3v) is 7.74. The standard InChI is InChI=1S/C28H37FN4O2S/c1-3-5-6-7-8-9-18-32-25(31-35-26(32)11-4-2)19-33-24-13-10-12-23(24)27(34)30-28(33)36-20-21-14-16-22(29)17-15-21/h9,14-18,26H,3-8,10-13,19-20H2,1-2H3. The number of unbranched alkanes of at least 4 members (excludes halogenated alkanes) is 4. The third kappa shape index (κ3) is 6.58. The van der Waals surface area contributed by atoms with Crippen LogP contribution in [0, 0.1) is 5.82 Å². The monoisotopic (exact) mass is 512 g/mol. The predicted molar refractivity (Wildman–Crippen MR) is 143 cm³/mol. The Morgan fingerprint density at radius 3 is 2.75 bits per heavy atom. The normalized spacial score (nSPS) is 17.0. The first-order valence-corrected chi connectivity index (χ1v) is 14.3. The highest BCUT2D eigenvalue weighted by Gasteiger charge is 2.30. The molecule has 0 spiro atoms. The molecule has 1 aromatic heterocycles. The third-order valence-electron chi connectivity index (χ3n) is 6.70. The summed E-state index contributed by atoms with van der Waals surface area (Å²) in [4.78, 5) is 25.2. The van der Waals surface area contributed by atoms with E-state index >= 15 is 0 Å². The van der Waals surface area contributed by atoms with Gasteiger partial charge in [0.05, 0.1) is 6.54 Å². The Kier molecular flexibility index (Phi) is 9.61. The molecule has 6 nitrogen and oxygen atoms in total. The van der Waals surface area contributed by atoms with Crippen LogP contribution in [0.15, 0.2) is 51.6 Å². The number of thioether (sulfide) groups is 1. The van der Waals surface area contributed by atoms with E-state index in [0.717, 1.165) is 61.2 Å². The molecule has 0 fully saturated rings. The fourth-order valence-corrected chi connectivity index (χ4v) is 5.69. The molecule has 4 rings (SSSR count). The van der Waals surface area contributed by atoms with E-state index in [1.54, 1.807) is 12.1 Å². The molecule has 8 heteroatoms. The lowest BCUT2D eigenvalue weighted by atomic mass is 10.1. The largest absolute Gasteiger partial charge is 0.368 e. The van der Waals surface area contributed by atoms with Gasteiger partial charge in [-0.15, -0.1) is 0 Å². The van der Waals surface area contributed by atoms with Crippen LogP contribution in [-0.4, -0.2) is 26.5 Å². The molecule has 1 aromatic carbocycles. The Morgan fingerprint density at radius 1 is 1.14 bits per heavy atom. The average molecular weight is 513 g/mol. The summed E-state index contributed by atoms with van der Waals surface area (Å²) in [6, 6.07) is 6.47. The quantitative estimate of drug-likeness (QED) is 0.176.